The molecular weight excluding hydrogens is 749 g/mol. The van der Waals surface area contributed by atoms with Gasteiger partial charge in [-0.15, -0.1) is 0 Å². The number of carbonyl (C=O) groups is 6. The number of aromatic nitrogens is 2. The van der Waals surface area contributed by atoms with Crippen molar-refractivity contribution in [1.29, 1.82) is 0 Å². The molecule has 2 aromatic heterocycles. The number of aliphatic carboxylic acids is 1. The number of rotatable bonds is 20. The molecule has 8 N–H and O–H groups in total. The fourth-order valence-electron chi connectivity index (χ4n) is 6.56. The predicted molar refractivity (Wildman–Crippen MR) is 217 cm³/mol. The molecule has 2 atom stereocenters. The summed E-state index contributed by atoms with van der Waals surface area (Å²) in [6.45, 7) is 0.303. The van der Waals surface area contributed by atoms with E-state index in [-0.39, 0.29) is 37.2 Å². The molecule has 57 heavy (non-hydrogen) atoms. The monoisotopic (exact) mass is 796 g/mol. The number of primary amides is 1. The van der Waals surface area contributed by atoms with Gasteiger partial charge in [0.05, 0.1) is 10.2 Å². The van der Waals surface area contributed by atoms with Crippen molar-refractivity contribution in [2.24, 2.45) is 5.73 Å². The molecule has 4 aromatic rings. The first-order valence-electron chi connectivity index (χ1n) is 19.0. The summed E-state index contributed by atoms with van der Waals surface area (Å²) in [5.74, 6) is -3.88. The number of para-hydroxylation sites is 1. The second-order valence-electron chi connectivity index (χ2n) is 14.0. The minimum Gasteiger partial charge on any atom is -0.481 e. The third kappa shape index (κ3) is 12.7. The fraction of sp³-hybridized carbons (Fsp3) is 0.366. The molecule has 16 heteroatoms. The van der Waals surface area contributed by atoms with Crippen LogP contribution in [0.4, 0.5) is 10.8 Å². The predicted octanol–water partition coefficient (Wildman–Crippen LogP) is 4.58. The number of nitrogens with two attached hydrogens (primary N) is 1. The SMILES string of the molecule is NC(=O)C1(NC(=O)[C@@H](CCCC(=O)O)NC(=O)[C@@H](CCCCNC(=O)/C=C/c2cccnc2)NC(=O)c2ccc(Nc3nc4ccccc4s3)cc2)CCCCC1. The van der Waals surface area contributed by atoms with Gasteiger partial charge in [-0.2, -0.15) is 0 Å². The summed E-state index contributed by atoms with van der Waals surface area (Å²) in [5, 5.41) is 24.3. The minimum absolute atomic E-state index is 0.0267. The highest BCUT2D eigenvalue weighted by molar-refractivity contribution is 7.22. The number of benzene rings is 2. The summed E-state index contributed by atoms with van der Waals surface area (Å²) in [4.78, 5) is 86.0. The number of hydrogen-bond acceptors (Lipinski definition) is 10. The van der Waals surface area contributed by atoms with Crippen molar-refractivity contribution in [3.05, 3.63) is 90.3 Å². The van der Waals surface area contributed by atoms with Gasteiger partial charge in [-0.3, -0.25) is 33.8 Å². The maximum atomic E-state index is 13.9. The average Bonchev–Trinajstić information content (AvgIpc) is 3.62. The van der Waals surface area contributed by atoms with Crippen LogP contribution >= 0.6 is 11.3 Å². The molecule has 2 aromatic carbocycles. The molecule has 1 fully saturated rings. The number of carboxylic acids is 1. The highest BCUT2D eigenvalue weighted by Gasteiger charge is 2.41. The number of unbranched alkanes of at least 4 members (excludes halogenated alkanes) is 1. The van der Waals surface area contributed by atoms with E-state index < -0.39 is 47.2 Å². The highest BCUT2D eigenvalue weighted by Crippen LogP contribution is 2.29. The summed E-state index contributed by atoms with van der Waals surface area (Å²) in [7, 11) is 0. The largest absolute Gasteiger partial charge is 0.481 e. The van der Waals surface area contributed by atoms with E-state index >= 15 is 0 Å². The number of pyridine rings is 1. The maximum Gasteiger partial charge on any atom is 0.303 e. The molecular formula is C41H48N8O7S. The number of fused-ring (bicyclic) bond motifs is 1. The average molecular weight is 797 g/mol. The van der Waals surface area contributed by atoms with Crippen LogP contribution in [0.3, 0.4) is 0 Å². The number of hydrogen-bond donors (Lipinski definition) is 7. The Hall–Kier alpha value is -6.16. The van der Waals surface area contributed by atoms with Crippen molar-refractivity contribution in [1.82, 2.24) is 31.2 Å². The molecule has 2 heterocycles. The van der Waals surface area contributed by atoms with Gasteiger partial charge in [0.25, 0.3) is 5.91 Å². The lowest BCUT2D eigenvalue weighted by atomic mass is 9.80. The summed E-state index contributed by atoms with van der Waals surface area (Å²) in [6.07, 6.45) is 10.1. The van der Waals surface area contributed by atoms with E-state index in [4.69, 9.17) is 5.73 Å². The van der Waals surface area contributed by atoms with E-state index in [1.165, 1.54) is 17.4 Å². The lowest BCUT2D eigenvalue weighted by Gasteiger charge is -2.36. The van der Waals surface area contributed by atoms with Crippen molar-refractivity contribution in [3.8, 4) is 0 Å². The zero-order valence-electron chi connectivity index (χ0n) is 31.5. The number of carbonyl (C=O) groups excluding carboxylic acids is 5. The first kappa shape index (κ1) is 42.0. The highest BCUT2D eigenvalue weighted by atomic mass is 32.1. The normalized spacial score (nSPS) is 14.6. The number of nitrogens with zero attached hydrogens (tertiary/aromatic N) is 2. The molecule has 1 saturated carbocycles. The molecule has 300 valence electrons. The summed E-state index contributed by atoms with van der Waals surface area (Å²) >= 11 is 1.50. The molecule has 0 bridgehead atoms. The Morgan fingerprint density at radius 2 is 1.60 bits per heavy atom. The van der Waals surface area contributed by atoms with E-state index in [2.05, 4.69) is 36.6 Å². The minimum atomic E-state index is -1.27. The number of amides is 5. The zero-order chi connectivity index (χ0) is 40.6. The van der Waals surface area contributed by atoms with Gasteiger partial charge in [0.15, 0.2) is 5.13 Å². The fourth-order valence-corrected chi connectivity index (χ4v) is 7.45. The van der Waals surface area contributed by atoms with E-state index in [1.54, 1.807) is 48.8 Å². The van der Waals surface area contributed by atoms with E-state index in [0.29, 0.717) is 55.9 Å². The molecule has 5 rings (SSSR count). The van der Waals surface area contributed by atoms with E-state index in [0.717, 1.165) is 22.2 Å². The zero-order valence-corrected chi connectivity index (χ0v) is 32.3. The van der Waals surface area contributed by atoms with Crippen LogP contribution in [0.2, 0.25) is 0 Å². The summed E-state index contributed by atoms with van der Waals surface area (Å²) in [6, 6.07) is 15.7. The molecule has 0 spiro atoms. The molecule has 0 saturated heterocycles. The van der Waals surface area contributed by atoms with Crippen LogP contribution in [0.1, 0.15) is 86.6 Å². The molecule has 0 unspecified atom stereocenters. The van der Waals surface area contributed by atoms with Gasteiger partial charge in [0.2, 0.25) is 23.6 Å². The van der Waals surface area contributed by atoms with Crippen LogP contribution in [0.5, 0.6) is 0 Å². The van der Waals surface area contributed by atoms with Gasteiger partial charge in [-0.1, -0.05) is 48.8 Å². The van der Waals surface area contributed by atoms with Gasteiger partial charge >= 0.3 is 5.97 Å². The van der Waals surface area contributed by atoms with Crippen molar-refractivity contribution in [3.63, 3.8) is 0 Å². The smallest absolute Gasteiger partial charge is 0.303 e. The van der Waals surface area contributed by atoms with Crippen molar-refractivity contribution < 1.29 is 33.9 Å². The van der Waals surface area contributed by atoms with Crippen molar-refractivity contribution in [2.45, 2.75) is 88.3 Å². The van der Waals surface area contributed by atoms with E-state index in [9.17, 15) is 33.9 Å². The standard InChI is InChI=1S/C41H48N8O7S/c42-39(56)41(22-5-1-6-23-41)49-38(55)32(13-8-15-35(51)52)47-37(54)31(12-4-7-25-44-34(50)21-16-27-10-9-24-43-26-27)46-36(53)28-17-19-29(20-18-28)45-40-48-30-11-2-3-14-33(30)57-40/h2-3,9-11,14,16-21,24,26,31-32H,1,4-8,12-13,15,22-23,25H2,(H2,42,56)(H,44,50)(H,45,48)(H,46,53)(H,47,54)(H,49,55)(H,51,52)/b21-16+/t31-,32-/m1/s1. The van der Waals surface area contributed by atoms with Gasteiger partial charge in [-0.05, 0) is 99.0 Å². The van der Waals surface area contributed by atoms with Gasteiger partial charge in [0.1, 0.15) is 17.6 Å². The van der Waals surface area contributed by atoms with Crippen LogP contribution in [-0.2, 0) is 24.0 Å². The van der Waals surface area contributed by atoms with Crippen molar-refractivity contribution >= 4 is 74.0 Å². The number of nitrogens with one attached hydrogen (secondary N) is 5. The maximum absolute atomic E-state index is 13.9. The Bertz CT molecular complexity index is 2020. The molecule has 5 amide bonds. The summed E-state index contributed by atoms with van der Waals surface area (Å²) < 4.78 is 1.03. The first-order chi connectivity index (χ1) is 27.5. The summed E-state index contributed by atoms with van der Waals surface area (Å²) in [5.41, 5.74) is 7.11. The second kappa shape index (κ2) is 20.7. The van der Waals surface area contributed by atoms with Crippen LogP contribution in [0.25, 0.3) is 16.3 Å². The number of thiazole rings is 1. The Labute approximate surface area is 334 Å². The topological polar surface area (TPSA) is 235 Å². The quantitative estimate of drug-likeness (QED) is 0.0486. The third-order valence-electron chi connectivity index (χ3n) is 9.70. The molecule has 15 nitrogen and oxygen atoms in total. The van der Waals surface area contributed by atoms with Crippen LogP contribution in [0, 0.1) is 0 Å². The van der Waals surface area contributed by atoms with E-state index in [1.807, 2.05) is 30.3 Å². The number of anilines is 2. The Morgan fingerprint density at radius 1 is 0.860 bits per heavy atom. The first-order valence-corrected chi connectivity index (χ1v) is 19.9. The van der Waals surface area contributed by atoms with Crippen LogP contribution < -0.4 is 32.3 Å². The van der Waals surface area contributed by atoms with Crippen molar-refractivity contribution in [2.75, 3.05) is 11.9 Å². The Balaban J connectivity index is 1.25. The Morgan fingerprint density at radius 3 is 2.30 bits per heavy atom. The third-order valence-corrected chi connectivity index (χ3v) is 10.7. The van der Waals surface area contributed by atoms with Gasteiger partial charge < -0.3 is 37.4 Å². The molecule has 1 aliphatic carbocycles. The number of carboxylic acid groups (broad SMARTS) is 1. The van der Waals surface area contributed by atoms with Crippen LogP contribution in [0.15, 0.2) is 79.1 Å². The van der Waals surface area contributed by atoms with Gasteiger partial charge in [0, 0.05) is 42.7 Å². The Kier molecular flexibility index (Phi) is 15.2. The second-order valence-corrected chi connectivity index (χ2v) is 15.0. The lowest BCUT2D eigenvalue weighted by Crippen LogP contribution is -2.62. The lowest BCUT2D eigenvalue weighted by molar-refractivity contribution is -0.137. The van der Waals surface area contributed by atoms with Gasteiger partial charge in [-0.25, -0.2) is 4.98 Å². The molecule has 0 radical (unpaired) electrons. The molecule has 1 aliphatic rings. The van der Waals surface area contributed by atoms with Crippen LogP contribution in [-0.4, -0.2) is 74.7 Å². The molecule has 0 aliphatic heterocycles.